The van der Waals surface area contributed by atoms with E-state index in [0.717, 1.165) is 6.07 Å². The summed E-state index contributed by atoms with van der Waals surface area (Å²) in [4.78, 5) is 10.4. The van der Waals surface area contributed by atoms with Crippen LogP contribution in [-0.2, 0) is 10.0 Å². The number of rotatable bonds is 3. The van der Waals surface area contributed by atoms with Crippen LogP contribution in [-0.4, -0.2) is 30.4 Å². The van der Waals surface area contributed by atoms with E-state index in [2.05, 4.69) is 0 Å². The highest BCUT2D eigenvalue weighted by Crippen LogP contribution is 2.29. The fraction of sp³-hybridized carbons (Fsp3) is 0.500. The smallest absolute Gasteiger partial charge is 0.273 e. The fourth-order valence-corrected chi connectivity index (χ4v) is 4.04. The molecule has 0 spiro atoms. The van der Waals surface area contributed by atoms with Crippen molar-refractivity contribution in [1.29, 1.82) is 0 Å². The molecule has 0 radical (unpaired) electrons. The maximum Gasteiger partial charge on any atom is 0.273 e. The van der Waals surface area contributed by atoms with E-state index in [1.165, 1.54) is 10.4 Å². The van der Waals surface area contributed by atoms with Crippen molar-refractivity contribution < 1.29 is 13.3 Å². The lowest BCUT2D eigenvalue weighted by Gasteiger charge is -2.21. The van der Waals surface area contributed by atoms with E-state index in [-0.39, 0.29) is 10.6 Å². The van der Waals surface area contributed by atoms with E-state index in [1.807, 2.05) is 0 Å². The van der Waals surface area contributed by atoms with Crippen LogP contribution in [0.3, 0.4) is 0 Å². The molecule has 1 unspecified atom stereocenters. The number of benzene rings is 1. The molecule has 110 valence electrons. The van der Waals surface area contributed by atoms with Crippen molar-refractivity contribution in [1.82, 2.24) is 4.31 Å². The van der Waals surface area contributed by atoms with Gasteiger partial charge in [0.2, 0.25) is 10.0 Å². The number of nitrogens with two attached hydrogens (primary N) is 1. The van der Waals surface area contributed by atoms with E-state index < -0.39 is 21.1 Å². The minimum Gasteiger partial charge on any atom is -0.315 e. The Morgan fingerprint density at radius 1 is 1.40 bits per heavy atom. The van der Waals surface area contributed by atoms with Gasteiger partial charge in [-0.2, -0.15) is 4.31 Å². The van der Waals surface area contributed by atoms with E-state index >= 15 is 0 Å². The van der Waals surface area contributed by atoms with Crippen LogP contribution in [0.2, 0.25) is 0 Å². The van der Waals surface area contributed by atoms with E-state index in [0.29, 0.717) is 30.5 Å². The van der Waals surface area contributed by atoms with Crippen molar-refractivity contribution in [3.8, 4) is 0 Å². The van der Waals surface area contributed by atoms with Crippen molar-refractivity contribution in [3.05, 3.63) is 33.4 Å². The first-order valence-electron chi connectivity index (χ1n) is 6.28. The van der Waals surface area contributed by atoms with Gasteiger partial charge >= 0.3 is 0 Å². The molecule has 0 aliphatic carbocycles. The lowest BCUT2D eigenvalue weighted by molar-refractivity contribution is -0.385. The van der Waals surface area contributed by atoms with Gasteiger partial charge in [0.25, 0.3) is 5.69 Å². The van der Waals surface area contributed by atoms with Gasteiger partial charge < -0.3 is 5.73 Å². The Balaban J connectivity index is 2.55. The molecule has 20 heavy (non-hydrogen) atoms. The van der Waals surface area contributed by atoms with E-state index in [1.54, 1.807) is 13.8 Å². The summed E-state index contributed by atoms with van der Waals surface area (Å²) in [5.41, 5.74) is 6.64. The third kappa shape index (κ3) is 2.41. The van der Waals surface area contributed by atoms with Gasteiger partial charge in [0.15, 0.2) is 0 Å². The summed E-state index contributed by atoms with van der Waals surface area (Å²) in [6.45, 7) is 3.61. The molecular formula is C12H17N3O4S. The van der Waals surface area contributed by atoms with E-state index in [4.69, 9.17) is 5.73 Å². The van der Waals surface area contributed by atoms with Gasteiger partial charge in [-0.3, -0.25) is 10.1 Å². The van der Waals surface area contributed by atoms with Gasteiger partial charge in [0, 0.05) is 18.2 Å². The predicted molar refractivity (Wildman–Crippen MR) is 73.7 cm³/mol. The van der Waals surface area contributed by atoms with Crippen molar-refractivity contribution in [2.75, 3.05) is 6.54 Å². The van der Waals surface area contributed by atoms with Crippen LogP contribution < -0.4 is 5.73 Å². The molecule has 0 aromatic heterocycles. The summed E-state index contributed by atoms with van der Waals surface area (Å²) in [7, 11) is -3.78. The van der Waals surface area contributed by atoms with Crippen molar-refractivity contribution in [3.63, 3.8) is 0 Å². The van der Waals surface area contributed by atoms with Crippen LogP contribution in [0.4, 0.5) is 5.69 Å². The largest absolute Gasteiger partial charge is 0.315 e. The van der Waals surface area contributed by atoms with Crippen LogP contribution in [0.5, 0.6) is 0 Å². The first-order valence-corrected chi connectivity index (χ1v) is 7.72. The van der Waals surface area contributed by atoms with Crippen LogP contribution in [0, 0.1) is 24.0 Å². The SMILES string of the molecule is Cc1cc(S(=O)(=O)N2CCCC2N)cc([N+](=O)[O-])c1C. The first-order chi connectivity index (χ1) is 9.25. The van der Waals surface area contributed by atoms with Gasteiger partial charge in [-0.15, -0.1) is 0 Å². The van der Waals surface area contributed by atoms with Gasteiger partial charge in [-0.25, -0.2) is 8.42 Å². The maximum atomic E-state index is 12.5. The predicted octanol–water partition coefficient (Wildman–Crippen LogP) is 1.28. The average Bonchev–Trinajstić information content (AvgIpc) is 2.78. The molecule has 1 fully saturated rings. The zero-order valence-electron chi connectivity index (χ0n) is 11.4. The molecule has 2 N–H and O–H groups in total. The number of sulfonamides is 1. The number of nitro benzene ring substituents is 1. The molecule has 1 aliphatic heterocycles. The molecule has 1 aromatic rings. The Hall–Kier alpha value is -1.51. The molecule has 1 aromatic carbocycles. The van der Waals surface area contributed by atoms with Crippen LogP contribution >= 0.6 is 0 Å². The molecule has 1 atom stereocenters. The molecule has 7 nitrogen and oxygen atoms in total. The molecule has 1 heterocycles. The Morgan fingerprint density at radius 3 is 2.55 bits per heavy atom. The number of hydrogen-bond donors (Lipinski definition) is 1. The molecule has 1 aliphatic rings. The fourth-order valence-electron chi connectivity index (χ4n) is 2.35. The van der Waals surface area contributed by atoms with E-state index in [9.17, 15) is 18.5 Å². The maximum absolute atomic E-state index is 12.5. The molecule has 0 saturated carbocycles. The summed E-state index contributed by atoms with van der Waals surface area (Å²) in [5, 5.41) is 11.0. The summed E-state index contributed by atoms with van der Waals surface area (Å²) in [5.74, 6) is 0. The van der Waals surface area contributed by atoms with Gasteiger partial charge in [0.05, 0.1) is 16.0 Å². The van der Waals surface area contributed by atoms with Gasteiger partial charge in [-0.1, -0.05) is 0 Å². The number of aryl methyl sites for hydroxylation is 1. The lowest BCUT2D eigenvalue weighted by Crippen LogP contribution is -2.40. The summed E-state index contributed by atoms with van der Waals surface area (Å²) in [6.07, 6.45) is 0.750. The highest BCUT2D eigenvalue weighted by Gasteiger charge is 2.34. The zero-order chi connectivity index (χ0) is 15.1. The van der Waals surface area contributed by atoms with Gasteiger partial charge in [-0.05, 0) is 38.3 Å². The normalized spacial score (nSPS) is 20.2. The average molecular weight is 299 g/mol. The Morgan fingerprint density at radius 2 is 2.05 bits per heavy atom. The monoisotopic (exact) mass is 299 g/mol. The molecule has 2 rings (SSSR count). The Labute approximate surface area is 117 Å². The summed E-state index contributed by atoms with van der Waals surface area (Å²) in [6, 6.07) is 2.57. The van der Waals surface area contributed by atoms with Gasteiger partial charge in [0.1, 0.15) is 0 Å². The second-order valence-corrected chi connectivity index (χ2v) is 6.86. The standard InChI is InChI=1S/C12H17N3O4S/c1-8-6-10(7-11(9(8)2)15(16)17)20(18,19)14-5-3-4-12(14)13/h6-7,12H,3-5,13H2,1-2H3. The van der Waals surface area contributed by atoms with Crippen molar-refractivity contribution in [2.45, 2.75) is 37.8 Å². The van der Waals surface area contributed by atoms with Crippen LogP contribution in [0.15, 0.2) is 17.0 Å². The number of nitro groups is 1. The highest BCUT2D eigenvalue weighted by molar-refractivity contribution is 7.89. The summed E-state index contributed by atoms with van der Waals surface area (Å²) < 4.78 is 26.2. The number of nitrogens with zero attached hydrogens (tertiary/aromatic N) is 2. The molecular weight excluding hydrogens is 282 g/mol. The minimum absolute atomic E-state index is 0.0651. The van der Waals surface area contributed by atoms with Crippen molar-refractivity contribution >= 4 is 15.7 Å². The third-order valence-corrected chi connectivity index (χ3v) is 5.57. The molecule has 0 amide bonds. The second-order valence-electron chi connectivity index (χ2n) is 4.97. The Bertz CT molecular complexity index is 657. The molecule has 1 saturated heterocycles. The minimum atomic E-state index is -3.78. The second kappa shape index (κ2) is 5.12. The lowest BCUT2D eigenvalue weighted by atomic mass is 10.1. The third-order valence-electron chi connectivity index (χ3n) is 3.67. The summed E-state index contributed by atoms with van der Waals surface area (Å²) >= 11 is 0. The van der Waals surface area contributed by atoms with Crippen molar-refractivity contribution in [2.24, 2.45) is 5.73 Å². The quantitative estimate of drug-likeness (QED) is 0.668. The topological polar surface area (TPSA) is 107 Å². The molecule has 8 heteroatoms. The first kappa shape index (κ1) is 14.9. The van der Waals surface area contributed by atoms with Crippen LogP contribution in [0.25, 0.3) is 0 Å². The zero-order valence-corrected chi connectivity index (χ0v) is 12.2. The van der Waals surface area contributed by atoms with Crippen LogP contribution in [0.1, 0.15) is 24.0 Å². The Kier molecular flexibility index (Phi) is 3.81. The number of hydrogen-bond acceptors (Lipinski definition) is 5. The molecule has 0 bridgehead atoms. The highest BCUT2D eigenvalue weighted by atomic mass is 32.2.